The van der Waals surface area contributed by atoms with Gasteiger partial charge in [0, 0.05) is 19.7 Å². The average Bonchev–Trinajstić information content (AvgIpc) is 2.38. The van der Waals surface area contributed by atoms with E-state index in [-0.39, 0.29) is 34.8 Å². The minimum atomic E-state index is -0.628. The molecule has 1 aromatic rings. The van der Waals surface area contributed by atoms with Gasteiger partial charge >= 0.3 is 0 Å². The molecule has 1 atom stereocenters. The molecule has 110 valence electrons. The molecule has 0 heterocycles. The van der Waals surface area contributed by atoms with Crippen molar-refractivity contribution in [1.82, 2.24) is 5.32 Å². The first kappa shape index (κ1) is 16.4. The fraction of sp³-hybridized carbons (Fsp3) is 0.462. The summed E-state index contributed by atoms with van der Waals surface area (Å²) in [6.45, 7) is 4.17. The highest BCUT2D eigenvalue weighted by atomic mass is 35.5. The standard InChI is InChI=1S/C13H17ClN2O4/c1-8(2)11(20-3)7-15-13(17)12-9(14)5-4-6-10(12)16(18)19/h4-6,8,11H,7H2,1-3H3,(H,15,17)/t11-/m1/s1. The van der Waals surface area contributed by atoms with Crippen molar-refractivity contribution in [3.8, 4) is 0 Å². The van der Waals surface area contributed by atoms with Crippen LogP contribution < -0.4 is 5.32 Å². The van der Waals surface area contributed by atoms with Gasteiger partial charge in [-0.05, 0) is 12.0 Å². The second kappa shape index (κ2) is 7.21. The Hall–Kier alpha value is -1.66. The number of benzene rings is 1. The lowest BCUT2D eigenvalue weighted by Crippen LogP contribution is -2.36. The van der Waals surface area contributed by atoms with Crippen molar-refractivity contribution < 1.29 is 14.5 Å². The summed E-state index contributed by atoms with van der Waals surface area (Å²) in [7, 11) is 1.55. The molecule has 0 aliphatic rings. The molecule has 0 fully saturated rings. The van der Waals surface area contributed by atoms with Crippen LogP contribution in [-0.4, -0.2) is 30.6 Å². The van der Waals surface area contributed by atoms with Gasteiger partial charge < -0.3 is 10.1 Å². The number of hydrogen-bond acceptors (Lipinski definition) is 4. The number of rotatable bonds is 6. The van der Waals surface area contributed by atoms with Crippen molar-refractivity contribution in [2.75, 3.05) is 13.7 Å². The van der Waals surface area contributed by atoms with Crippen LogP contribution in [0.4, 0.5) is 5.69 Å². The summed E-state index contributed by atoms with van der Waals surface area (Å²) >= 11 is 5.88. The van der Waals surface area contributed by atoms with Crippen LogP contribution in [0.25, 0.3) is 0 Å². The van der Waals surface area contributed by atoms with E-state index in [0.29, 0.717) is 0 Å². The van der Waals surface area contributed by atoms with Crippen LogP contribution in [0.3, 0.4) is 0 Å². The molecule has 0 spiro atoms. The Bertz CT molecular complexity index is 505. The molecule has 0 unspecified atom stereocenters. The van der Waals surface area contributed by atoms with E-state index in [2.05, 4.69) is 5.32 Å². The Morgan fingerprint density at radius 2 is 2.15 bits per heavy atom. The van der Waals surface area contributed by atoms with Gasteiger partial charge in [0.25, 0.3) is 11.6 Å². The number of nitrogens with zero attached hydrogens (tertiary/aromatic N) is 1. The average molecular weight is 301 g/mol. The second-order valence-electron chi connectivity index (χ2n) is 4.62. The number of carbonyl (C=O) groups is 1. The van der Waals surface area contributed by atoms with Crippen LogP contribution in [0, 0.1) is 16.0 Å². The molecule has 1 amide bonds. The first-order valence-corrected chi connectivity index (χ1v) is 6.50. The molecule has 6 nitrogen and oxygen atoms in total. The molecule has 0 radical (unpaired) electrons. The quantitative estimate of drug-likeness (QED) is 0.647. The van der Waals surface area contributed by atoms with Crippen LogP contribution in [0.5, 0.6) is 0 Å². The molecule has 1 N–H and O–H groups in total. The molecule has 0 aliphatic carbocycles. The Balaban J connectivity index is 2.90. The zero-order chi connectivity index (χ0) is 15.3. The van der Waals surface area contributed by atoms with Crippen molar-refractivity contribution in [2.24, 2.45) is 5.92 Å². The Morgan fingerprint density at radius 3 is 2.65 bits per heavy atom. The van der Waals surface area contributed by atoms with Gasteiger partial charge in [-0.15, -0.1) is 0 Å². The first-order chi connectivity index (χ1) is 9.38. The molecule has 20 heavy (non-hydrogen) atoms. The number of halogens is 1. The molecular formula is C13H17ClN2O4. The minimum Gasteiger partial charge on any atom is -0.379 e. The van der Waals surface area contributed by atoms with E-state index in [1.165, 1.54) is 18.2 Å². The predicted molar refractivity (Wildman–Crippen MR) is 76.1 cm³/mol. The third kappa shape index (κ3) is 3.91. The van der Waals surface area contributed by atoms with E-state index in [0.717, 1.165) is 0 Å². The van der Waals surface area contributed by atoms with Crippen LogP contribution in [-0.2, 0) is 4.74 Å². The van der Waals surface area contributed by atoms with E-state index in [1.807, 2.05) is 13.8 Å². The number of carbonyl (C=O) groups excluding carboxylic acids is 1. The highest BCUT2D eigenvalue weighted by molar-refractivity contribution is 6.34. The van der Waals surface area contributed by atoms with Crippen molar-refractivity contribution in [2.45, 2.75) is 20.0 Å². The lowest BCUT2D eigenvalue weighted by molar-refractivity contribution is -0.385. The maximum absolute atomic E-state index is 12.1. The van der Waals surface area contributed by atoms with Crippen molar-refractivity contribution in [3.05, 3.63) is 38.9 Å². The molecule has 1 rings (SSSR count). The summed E-state index contributed by atoms with van der Waals surface area (Å²) in [5.74, 6) is -0.369. The molecule has 0 saturated heterocycles. The van der Waals surface area contributed by atoms with E-state index in [9.17, 15) is 14.9 Å². The predicted octanol–water partition coefficient (Wildman–Crippen LogP) is 2.65. The Morgan fingerprint density at radius 1 is 1.50 bits per heavy atom. The molecular weight excluding hydrogens is 284 g/mol. The summed E-state index contributed by atoms with van der Waals surface area (Å²) in [4.78, 5) is 22.4. The zero-order valence-corrected chi connectivity index (χ0v) is 12.3. The van der Waals surface area contributed by atoms with Gasteiger partial charge in [0.1, 0.15) is 5.56 Å². The minimum absolute atomic E-state index is 0.0511. The van der Waals surface area contributed by atoms with Crippen LogP contribution in [0.1, 0.15) is 24.2 Å². The van der Waals surface area contributed by atoms with Crippen molar-refractivity contribution in [1.29, 1.82) is 0 Å². The fourth-order valence-electron chi connectivity index (χ4n) is 1.76. The van der Waals surface area contributed by atoms with E-state index < -0.39 is 10.8 Å². The van der Waals surface area contributed by atoms with Crippen molar-refractivity contribution in [3.63, 3.8) is 0 Å². The maximum atomic E-state index is 12.1. The largest absolute Gasteiger partial charge is 0.379 e. The number of ether oxygens (including phenoxy) is 1. The molecule has 7 heteroatoms. The van der Waals surface area contributed by atoms with Crippen LogP contribution >= 0.6 is 11.6 Å². The normalized spacial score (nSPS) is 12.2. The van der Waals surface area contributed by atoms with Crippen LogP contribution in [0.15, 0.2) is 18.2 Å². The SMILES string of the molecule is CO[C@H](CNC(=O)c1c(Cl)cccc1[N+](=O)[O-])C(C)C. The zero-order valence-electron chi connectivity index (χ0n) is 11.6. The van der Waals surface area contributed by atoms with Gasteiger partial charge in [-0.25, -0.2) is 0 Å². The molecule has 1 aromatic carbocycles. The van der Waals surface area contributed by atoms with E-state index in [1.54, 1.807) is 7.11 Å². The molecule has 0 aliphatic heterocycles. The van der Waals surface area contributed by atoms with Gasteiger partial charge in [0.2, 0.25) is 0 Å². The molecule has 0 saturated carbocycles. The topological polar surface area (TPSA) is 81.5 Å². The summed E-state index contributed by atoms with van der Waals surface area (Å²) in [6.07, 6.45) is -0.166. The Labute approximate surface area is 122 Å². The van der Waals surface area contributed by atoms with Gasteiger partial charge in [0.15, 0.2) is 0 Å². The van der Waals surface area contributed by atoms with Gasteiger partial charge in [-0.2, -0.15) is 0 Å². The first-order valence-electron chi connectivity index (χ1n) is 6.12. The third-order valence-corrected chi connectivity index (χ3v) is 3.24. The maximum Gasteiger partial charge on any atom is 0.283 e. The summed E-state index contributed by atoms with van der Waals surface area (Å²) in [5, 5.41) is 13.6. The number of nitro groups is 1. The fourth-order valence-corrected chi connectivity index (χ4v) is 2.02. The second-order valence-corrected chi connectivity index (χ2v) is 5.03. The highest BCUT2D eigenvalue weighted by Crippen LogP contribution is 2.26. The van der Waals surface area contributed by atoms with Crippen LogP contribution in [0.2, 0.25) is 5.02 Å². The third-order valence-electron chi connectivity index (χ3n) is 2.93. The summed E-state index contributed by atoms with van der Waals surface area (Å²) in [6, 6.07) is 4.13. The van der Waals surface area contributed by atoms with E-state index in [4.69, 9.17) is 16.3 Å². The number of nitrogens with one attached hydrogen (secondary N) is 1. The van der Waals surface area contributed by atoms with E-state index >= 15 is 0 Å². The monoisotopic (exact) mass is 300 g/mol. The van der Waals surface area contributed by atoms with Gasteiger partial charge in [-0.1, -0.05) is 31.5 Å². The number of methoxy groups -OCH3 is 1. The smallest absolute Gasteiger partial charge is 0.283 e. The van der Waals surface area contributed by atoms with Crippen molar-refractivity contribution >= 4 is 23.2 Å². The number of hydrogen-bond donors (Lipinski definition) is 1. The molecule has 0 aromatic heterocycles. The number of amides is 1. The number of nitro benzene ring substituents is 1. The summed E-state index contributed by atoms with van der Waals surface area (Å²) in [5.41, 5.74) is -0.439. The summed E-state index contributed by atoms with van der Waals surface area (Å²) < 4.78 is 5.22. The lowest BCUT2D eigenvalue weighted by atomic mass is 10.1. The van der Waals surface area contributed by atoms with Gasteiger partial charge in [0.05, 0.1) is 16.0 Å². The highest BCUT2D eigenvalue weighted by Gasteiger charge is 2.24. The Kier molecular flexibility index (Phi) is 5.91. The lowest BCUT2D eigenvalue weighted by Gasteiger charge is -2.19. The molecule has 0 bridgehead atoms. The van der Waals surface area contributed by atoms with Gasteiger partial charge in [-0.3, -0.25) is 14.9 Å².